The predicted octanol–water partition coefficient (Wildman–Crippen LogP) is 3.05. The van der Waals surface area contributed by atoms with E-state index in [0.29, 0.717) is 10.0 Å². The first-order valence-electron chi connectivity index (χ1n) is 5.38. The number of nitrogens with zero attached hydrogens (tertiary/aromatic N) is 1. The van der Waals surface area contributed by atoms with Crippen LogP contribution >= 0.6 is 23.2 Å². The van der Waals surface area contributed by atoms with E-state index < -0.39 is 0 Å². The molecule has 0 aliphatic rings. The van der Waals surface area contributed by atoms with E-state index in [4.69, 9.17) is 23.2 Å². The first-order valence-corrected chi connectivity index (χ1v) is 6.14. The second-order valence-corrected chi connectivity index (χ2v) is 4.54. The van der Waals surface area contributed by atoms with Gasteiger partial charge in [-0.1, -0.05) is 29.3 Å². The van der Waals surface area contributed by atoms with Crippen LogP contribution in [0.15, 0.2) is 30.6 Å². The quantitative estimate of drug-likeness (QED) is 0.820. The molecule has 0 bridgehead atoms. The summed E-state index contributed by atoms with van der Waals surface area (Å²) in [5, 5.41) is 4.67. The van der Waals surface area contributed by atoms with Crippen molar-refractivity contribution in [1.29, 1.82) is 0 Å². The molecule has 0 fully saturated rings. The Morgan fingerprint density at radius 3 is 2.88 bits per heavy atom. The summed E-state index contributed by atoms with van der Waals surface area (Å²) >= 11 is 11.9. The largest absolute Gasteiger partial charge is 0.349 e. The van der Waals surface area contributed by atoms with Gasteiger partial charge in [-0.05, 0) is 17.7 Å². The number of nitrogens with one attached hydrogen (secondary N) is 2. The highest BCUT2D eigenvalue weighted by Gasteiger charge is 2.01. The molecule has 0 saturated heterocycles. The van der Waals surface area contributed by atoms with Crippen LogP contribution in [-0.2, 0) is 13.0 Å². The van der Waals surface area contributed by atoms with Crippen molar-refractivity contribution in [2.75, 3.05) is 6.54 Å². The zero-order valence-electron chi connectivity index (χ0n) is 9.21. The standard InChI is InChI=1S/C12H13Cl2N3/c13-10-2-1-9(11(14)7-10)8-15-4-3-12-16-5-6-17-12/h1-2,5-7,15H,3-4,8H2,(H,16,17). The van der Waals surface area contributed by atoms with Crippen LogP contribution in [-0.4, -0.2) is 16.5 Å². The molecule has 2 aromatic rings. The Kier molecular flexibility index (Phi) is 4.42. The number of rotatable bonds is 5. The summed E-state index contributed by atoms with van der Waals surface area (Å²) in [5.74, 6) is 0.986. The Hall–Kier alpha value is -1.03. The average Bonchev–Trinajstić information content (AvgIpc) is 2.79. The summed E-state index contributed by atoms with van der Waals surface area (Å²) < 4.78 is 0. The molecule has 90 valence electrons. The van der Waals surface area contributed by atoms with Crippen molar-refractivity contribution in [2.24, 2.45) is 0 Å². The predicted molar refractivity (Wildman–Crippen MR) is 70.5 cm³/mol. The van der Waals surface area contributed by atoms with Crippen molar-refractivity contribution in [3.05, 3.63) is 52.0 Å². The minimum atomic E-state index is 0.661. The van der Waals surface area contributed by atoms with Gasteiger partial charge in [-0.15, -0.1) is 0 Å². The molecule has 0 amide bonds. The molecular formula is C12H13Cl2N3. The van der Waals surface area contributed by atoms with E-state index in [1.807, 2.05) is 18.3 Å². The number of H-pyrrole nitrogens is 1. The summed E-state index contributed by atoms with van der Waals surface area (Å²) in [6.45, 7) is 1.59. The van der Waals surface area contributed by atoms with Gasteiger partial charge in [-0.2, -0.15) is 0 Å². The van der Waals surface area contributed by atoms with E-state index in [-0.39, 0.29) is 0 Å². The van der Waals surface area contributed by atoms with Crippen LogP contribution in [0.25, 0.3) is 0 Å². The van der Waals surface area contributed by atoms with Gasteiger partial charge in [0.15, 0.2) is 0 Å². The van der Waals surface area contributed by atoms with Gasteiger partial charge in [-0.3, -0.25) is 0 Å². The van der Waals surface area contributed by atoms with E-state index in [1.54, 1.807) is 12.3 Å². The number of hydrogen-bond acceptors (Lipinski definition) is 2. The maximum Gasteiger partial charge on any atom is 0.107 e. The van der Waals surface area contributed by atoms with Crippen LogP contribution in [0.3, 0.4) is 0 Å². The third-order valence-electron chi connectivity index (χ3n) is 2.42. The minimum Gasteiger partial charge on any atom is -0.349 e. The fourth-order valence-electron chi connectivity index (χ4n) is 1.53. The molecule has 1 aromatic heterocycles. The monoisotopic (exact) mass is 269 g/mol. The minimum absolute atomic E-state index is 0.661. The van der Waals surface area contributed by atoms with Crippen LogP contribution in [0.4, 0.5) is 0 Å². The van der Waals surface area contributed by atoms with Crippen molar-refractivity contribution in [3.8, 4) is 0 Å². The van der Waals surface area contributed by atoms with Crippen LogP contribution in [0.1, 0.15) is 11.4 Å². The van der Waals surface area contributed by atoms with Crippen LogP contribution in [0.5, 0.6) is 0 Å². The maximum atomic E-state index is 6.07. The third-order valence-corrected chi connectivity index (χ3v) is 3.01. The summed E-state index contributed by atoms with van der Waals surface area (Å²) in [6, 6.07) is 5.54. The molecule has 0 saturated carbocycles. The zero-order valence-corrected chi connectivity index (χ0v) is 10.7. The summed E-state index contributed by atoms with van der Waals surface area (Å²) in [7, 11) is 0. The van der Waals surface area contributed by atoms with Crippen molar-refractivity contribution < 1.29 is 0 Å². The van der Waals surface area contributed by atoms with E-state index in [0.717, 1.165) is 30.9 Å². The van der Waals surface area contributed by atoms with Crippen molar-refractivity contribution in [2.45, 2.75) is 13.0 Å². The van der Waals surface area contributed by atoms with E-state index in [2.05, 4.69) is 15.3 Å². The third kappa shape index (κ3) is 3.73. The second-order valence-electron chi connectivity index (χ2n) is 3.70. The molecule has 0 radical (unpaired) electrons. The Labute approximate surface area is 110 Å². The molecule has 1 heterocycles. The molecule has 2 rings (SSSR count). The molecule has 0 spiro atoms. The molecule has 0 unspecified atom stereocenters. The molecule has 2 N–H and O–H groups in total. The topological polar surface area (TPSA) is 40.7 Å². The number of halogens is 2. The maximum absolute atomic E-state index is 6.07. The van der Waals surface area contributed by atoms with E-state index >= 15 is 0 Å². The Bertz CT molecular complexity index is 469. The molecule has 0 atom stereocenters. The lowest BCUT2D eigenvalue weighted by Gasteiger charge is -2.06. The summed E-state index contributed by atoms with van der Waals surface area (Å²) in [6.07, 6.45) is 4.45. The van der Waals surface area contributed by atoms with Gasteiger partial charge in [0.2, 0.25) is 0 Å². The lowest BCUT2D eigenvalue weighted by Crippen LogP contribution is -2.17. The van der Waals surface area contributed by atoms with E-state index in [9.17, 15) is 0 Å². The van der Waals surface area contributed by atoms with Crippen molar-refractivity contribution >= 4 is 23.2 Å². The normalized spacial score (nSPS) is 10.7. The Morgan fingerprint density at radius 2 is 2.18 bits per heavy atom. The lowest BCUT2D eigenvalue weighted by atomic mass is 10.2. The van der Waals surface area contributed by atoms with Gasteiger partial charge in [0.25, 0.3) is 0 Å². The first-order chi connectivity index (χ1) is 8.25. The second kappa shape index (κ2) is 6.05. The lowest BCUT2D eigenvalue weighted by molar-refractivity contribution is 0.674. The highest BCUT2D eigenvalue weighted by molar-refractivity contribution is 6.35. The smallest absolute Gasteiger partial charge is 0.107 e. The summed E-state index contributed by atoms with van der Waals surface area (Å²) in [4.78, 5) is 7.21. The van der Waals surface area contributed by atoms with Gasteiger partial charge in [0.05, 0.1) is 0 Å². The van der Waals surface area contributed by atoms with E-state index in [1.165, 1.54) is 0 Å². The molecule has 17 heavy (non-hydrogen) atoms. The molecular weight excluding hydrogens is 257 g/mol. The average molecular weight is 270 g/mol. The van der Waals surface area contributed by atoms with Gasteiger partial charge >= 0.3 is 0 Å². The fraction of sp³-hybridized carbons (Fsp3) is 0.250. The number of imidazole rings is 1. The summed E-state index contributed by atoms with van der Waals surface area (Å²) in [5.41, 5.74) is 1.05. The van der Waals surface area contributed by atoms with Gasteiger partial charge in [0, 0.05) is 41.9 Å². The van der Waals surface area contributed by atoms with Gasteiger partial charge in [0.1, 0.15) is 5.82 Å². The highest BCUT2D eigenvalue weighted by Crippen LogP contribution is 2.20. The molecule has 5 heteroatoms. The van der Waals surface area contributed by atoms with Crippen molar-refractivity contribution in [3.63, 3.8) is 0 Å². The molecule has 3 nitrogen and oxygen atoms in total. The molecule has 1 aromatic carbocycles. The van der Waals surface area contributed by atoms with Crippen LogP contribution in [0.2, 0.25) is 10.0 Å². The van der Waals surface area contributed by atoms with Crippen molar-refractivity contribution in [1.82, 2.24) is 15.3 Å². The Balaban J connectivity index is 1.78. The number of benzene rings is 1. The molecule has 0 aliphatic heterocycles. The Morgan fingerprint density at radius 1 is 1.29 bits per heavy atom. The fourth-order valence-corrected chi connectivity index (χ4v) is 2.00. The SMILES string of the molecule is Clc1ccc(CNCCc2ncc[nH]2)c(Cl)c1. The van der Waals surface area contributed by atoms with Gasteiger partial charge < -0.3 is 10.3 Å². The number of aromatic amines is 1. The van der Waals surface area contributed by atoms with Crippen LogP contribution < -0.4 is 5.32 Å². The van der Waals surface area contributed by atoms with Gasteiger partial charge in [-0.25, -0.2) is 4.98 Å². The molecule has 0 aliphatic carbocycles. The first kappa shape index (κ1) is 12.4. The number of hydrogen-bond donors (Lipinski definition) is 2. The highest BCUT2D eigenvalue weighted by atomic mass is 35.5. The zero-order chi connectivity index (χ0) is 12.1. The van der Waals surface area contributed by atoms with Crippen LogP contribution in [0, 0.1) is 0 Å². The number of aromatic nitrogens is 2.